The van der Waals surface area contributed by atoms with Gasteiger partial charge >= 0.3 is 0 Å². The lowest BCUT2D eigenvalue weighted by Crippen LogP contribution is -2.39. The van der Waals surface area contributed by atoms with Crippen LogP contribution in [0.5, 0.6) is 0 Å². The number of hydrogen-bond acceptors (Lipinski definition) is 2. The topological polar surface area (TPSA) is 70.9 Å². The van der Waals surface area contributed by atoms with Crippen LogP contribution in [0.15, 0.2) is 24.4 Å². The predicted octanol–water partition coefficient (Wildman–Crippen LogP) is 2.67. The molecule has 1 aromatic heterocycles. The third-order valence-corrected chi connectivity index (χ3v) is 4.19. The van der Waals surface area contributed by atoms with Crippen LogP contribution in [0.2, 0.25) is 0 Å². The van der Waals surface area contributed by atoms with Gasteiger partial charge in [-0.15, -0.1) is 0 Å². The molecule has 0 atom stereocenters. The Balaban J connectivity index is 1.78. The van der Waals surface area contributed by atoms with E-state index in [1.54, 1.807) is 6.20 Å². The van der Waals surface area contributed by atoms with E-state index in [9.17, 15) is 4.79 Å². The molecule has 1 aliphatic carbocycles. The Labute approximate surface area is 112 Å². The molecule has 0 saturated heterocycles. The Hall–Kier alpha value is -1.97. The lowest BCUT2D eigenvalue weighted by atomic mass is 9.70. The molecule has 1 fully saturated rings. The van der Waals surface area contributed by atoms with Gasteiger partial charge in [-0.3, -0.25) is 4.79 Å². The number of fused-ring (bicyclic) bond motifs is 1. The monoisotopic (exact) mass is 257 g/mol. The minimum absolute atomic E-state index is 0.0100. The van der Waals surface area contributed by atoms with Crippen LogP contribution in [0.1, 0.15) is 36.5 Å². The van der Waals surface area contributed by atoms with Gasteiger partial charge in [0.2, 0.25) is 0 Å². The summed E-state index contributed by atoms with van der Waals surface area (Å²) in [6, 6.07) is 5.56. The maximum Gasteiger partial charge on any atom is 0.253 e. The summed E-state index contributed by atoms with van der Waals surface area (Å²) in [7, 11) is 0. The van der Waals surface area contributed by atoms with E-state index >= 15 is 0 Å². The number of nitrogen functional groups attached to an aromatic ring is 1. The number of nitrogens with one attached hydrogen (secondary N) is 2. The van der Waals surface area contributed by atoms with E-state index in [1.807, 2.05) is 18.2 Å². The summed E-state index contributed by atoms with van der Waals surface area (Å²) in [5.74, 6) is -0.0100. The van der Waals surface area contributed by atoms with Gasteiger partial charge in [0.05, 0.1) is 5.56 Å². The van der Waals surface area contributed by atoms with Gasteiger partial charge in [0.1, 0.15) is 0 Å². The third kappa shape index (κ3) is 2.18. The van der Waals surface area contributed by atoms with Gasteiger partial charge < -0.3 is 16.0 Å². The Morgan fingerprint density at radius 3 is 2.95 bits per heavy atom. The molecule has 2 aromatic rings. The van der Waals surface area contributed by atoms with Crippen molar-refractivity contribution in [3.8, 4) is 0 Å². The molecule has 1 amide bonds. The van der Waals surface area contributed by atoms with Gasteiger partial charge in [-0.2, -0.15) is 0 Å². The summed E-state index contributed by atoms with van der Waals surface area (Å²) < 4.78 is 0. The van der Waals surface area contributed by atoms with Gasteiger partial charge in [0.15, 0.2) is 0 Å². The van der Waals surface area contributed by atoms with Gasteiger partial charge in [-0.1, -0.05) is 13.3 Å². The number of carbonyl (C=O) groups is 1. The summed E-state index contributed by atoms with van der Waals surface area (Å²) in [4.78, 5) is 15.3. The second-order valence-corrected chi connectivity index (χ2v) is 5.85. The van der Waals surface area contributed by atoms with Crippen molar-refractivity contribution in [1.29, 1.82) is 0 Å². The summed E-state index contributed by atoms with van der Waals surface area (Å²) in [5.41, 5.74) is 8.32. The normalized spacial score (nSPS) is 17.1. The van der Waals surface area contributed by atoms with E-state index in [-0.39, 0.29) is 5.91 Å². The van der Waals surface area contributed by atoms with E-state index in [0.29, 0.717) is 16.7 Å². The van der Waals surface area contributed by atoms with Crippen LogP contribution in [0.25, 0.3) is 10.9 Å². The molecule has 0 spiro atoms. The van der Waals surface area contributed by atoms with Crippen molar-refractivity contribution in [2.45, 2.75) is 26.2 Å². The van der Waals surface area contributed by atoms with Crippen LogP contribution in [-0.4, -0.2) is 17.4 Å². The van der Waals surface area contributed by atoms with Crippen molar-refractivity contribution in [3.63, 3.8) is 0 Å². The smallest absolute Gasteiger partial charge is 0.253 e. The maximum atomic E-state index is 12.2. The number of benzene rings is 1. The number of anilines is 1. The van der Waals surface area contributed by atoms with Crippen LogP contribution in [0.4, 0.5) is 5.69 Å². The highest BCUT2D eigenvalue weighted by Crippen LogP contribution is 2.39. The Morgan fingerprint density at radius 2 is 2.26 bits per heavy atom. The second kappa shape index (κ2) is 4.30. The maximum absolute atomic E-state index is 12.2. The molecule has 1 heterocycles. The minimum Gasteiger partial charge on any atom is -0.399 e. The first-order valence-corrected chi connectivity index (χ1v) is 6.72. The highest BCUT2D eigenvalue weighted by atomic mass is 16.1. The molecule has 100 valence electrons. The van der Waals surface area contributed by atoms with Crippen molar-refractivity contribution in [3.05, 3.63) is 30.0 Å². The standard InChI is InChI=1S/C15H19N3O/c1-15(5-2-6-15)9-18-14(19)12-8-17-13-7-10(16)3-4-11(12)13/h3-4,7-8,17H,2,5-6,9,16H2,1H3,(H,18,19). The molecule has 1 aliphatic rings. The zero-order valence-electron chi connectivity index (χ0n) is 11.1. The number of aromatic amines is 1. The molecule has 19 heavy (non-hydrogen) atoms. The third-order valence-electron chi connectivity index (χ3n) is 4.19. The SMILES string of the molecule is CC1(CNC(=O)c2c[nH]c3cc(N)ccc23)CCC1. The number of nitrogens with two attached hydrogens (primary N) is 1. The summed E-state index contributed by atoms with van der Waals surface area (Å²) >= 11 is 0. The van der Waals surface area contributed by atoms with E-state index in [4.69, 9.17) is 5.73 Å². The number of carbonyl (C=O) groups excluding carboxylic acids is 1. The Kier molecular flexibility index (Phi) is 2.73. The number of amides is 1. The molecule has 4 nitrogen and oxygen atoms in total. The first-order valence-electron chi connectivity index (χ1n) is 6.72. The molecule has 0 radical (unpaired) electrons. The van der Waals surface area contributed by atoms with Crippen molar-refractivity contribution in [1.82, 2.24) is 10.3 Å². The first-order chi connectivity index (χ1) is 9.07. The van der Waals surface area contributed by atoms with Crippen molar-refractivity contribution >= 4 is 22.5 Å². The van der Waals surface area contributed by atoms with Crippen LogP contribution < -0.4 is 11.1 Å². The average molecular weight is 257 g/mol. The molecule has 4 N–H and O–H groups in total. The van der Waals surface area contributed by atoms with Gasteiger partial charge in [0, 0.05) is 29.3 Å². The van der Waals surface area contributed by atoms with Crippen molar-refractivity contribution < 1.29 is 4.79 Å². The molecule has 0 aliphatic heterocycles. The van der Waals surface area contributed by atoms with E-state index < -0.39 is 0 Å². The van der Waals surface area contributed by atoms with Gasteiger partial charge in [0.25, 0.3) is 5.91 Å². The van der Waals surface area contributed by atoms with E-state index in [1.165, 1.54) is 19.3 Å². The molecular weight excluding hydrogens is 238 g/mol. The fraction of sp³-hybridized carbons (Fsp3) is 0.400. The molecule has 0 bridgehead atoms. The lowest BCUT2D eigenvalue weighted by Gasteiger charge is -2.38. The van der Waals surface area contributed by atoms with Crippen LogP contribution in [-0.2, 0) is 0 Å². The molecular formula is C15H19N3O. The van der Waals surface area contributed by atoms with Crippen LogP contribution in [0, 0.1) is 5.41 Å². The quantitative estimate of drug-likeness (QED) is 0.740. The van der Waals surface area contributed by atoms with Crippen LogP contribution >= 0.6 is 0 Å². The molecule has 1 aromatic carbocycles. The van der Waals surface area contributed by atoms with E-state index in [2.05, 4.69) is 17.2 Å². The number of aromatic nitrogens is 1. The first kappa shape index (κ1) is 12.1. The largest absolute Gasteiger partial charge is 0.399 e. The Bertz CT molecular complexity index is 625. The predicted molar refractivity (Wildman–Crippen MR) is 77.0 cm³/mol. The molecule has 4 heteroatoms. The van der Waals surface area contributed by atoms with Crippen molar-refractivity contribution in [2.75, 3.05) is 12.3 Å². The van der Waals surface area contributed by atoms with Crippen molar-refractivity contribution in [2.24, 2.45) is 5.41 Å². The number of H-pyrrole nitrogens is 1. The van der Waals surface area contributed by atoms with Crippen LogP contribution in [0.3, 0.4) is 0 Å². The summed E-state index contributed by atoms with van der Waals surface area (Å²) in [6.07, 6.45) is 5.44. The average Bonchev–Trinajstić information content (AvgIpc) is 2.76. The zero-order valence-corrected chi connectivity index (χ0v) is 11.1. The highest BCUT2D eigenvalue weighted by Gasteiger charge is 2.32. The molecule has 3 rings (SSSR count). The minimum atomic E-state index is -0.0100. The Morgan fingerprint density at radius 1 is 1.47 bits per heavy atom. The van der Waals surface area contributed by atoms with Gasteiger partial charge in [-0.05, 0) is 36.5 Å². The lowest BCUT2D eigenvalue weighted by molar-refractivity contribution is 0.0892. The van der Waals surface area contributed by atoms with E-state index in [0.717, 1.165) is 17.4 Å². The second-order valence-electron chi connectivity index (χ2n) is 5.85. The fourth-order valence-corrected chi connectivity index (χ4v) is 2.68. The molecule has 1 saturated carbocycles. The summed E-state index contributed by atoms with van der Waals surface area (Å²) in [5, 5.41) is 3.97. The molecule has 0 unspecified atom stereocenters. The fourth-order valence-electron chi connectivity index (χ4n) is 2.68. The number of hydrogen-bond donors (Lipinski definition) is 3. The highest BCUT2D eigenvalue weighted by molar-refractivity contribution is 6.07. The van der Waals surface area contributed by atoms with Gasteiger partial charge in [-0.25, -0.2) is 0 Å². The number of rotatable bonds is 3. The zero-order chi connectivity index (χ0) is 13.5. The summed E-state index contributed by atoms with van der Waals surface area (Å²) in [6.45, 7) is 2.99.